The van der Waals surface area contributed by atoms with Crippen molar-refractivity contribution in [1.82, 2.24) is 14.9 Å². The Morgan fingerprint density at radius 2 is 2.03 bits per heavy atom. The van der Waals surface area contributed by atoms with Crippen LogP contribution in [0.3, 0.4) is 0 Å². The number of rotatable bonds is 5. The van der Waals surface area contributed by atoms with Gasteiger partial charge in [0.25, 0.3) is 0 Å². The highest BCUT2D eigenvalue weighted by Crippen LogP contribution is 2.47. The van der Waals surface area contributed by atoms with E-state index in [1.807, 2.05) is 0 Å². The van der Waals surface area contributed by atoms with E-state index in [1.54, 1.807) is 0 Å². The van der Waals surface area contributed by atoms with Gasteiger partial charge in [0.1, 0.15) is 23.2 Å². The zero-order valence-corrected chi connectivity index (χ0v) is 18.5. The van der Waals surface area contributed by atoms with Gasteiger partial charge in [-0.15, -0.1) is 0 Å². The van der Waals surface area contributed by atoms with E-state index in [-0.39, 0.29) is 35.2 Å². The van der Waals surface area contributed by atoms with Gasteiger partial charge in [0.15, 0.2) is 11.5 Å². The lowest BCUT2D eigenvalue weighted by Crippen LogP contribution is -2.43. The van der Waals surface area contributed by atoms with Gasteiger partial charge < -0.3 is 14.4 Å². The average molecular weight is 500 g/mol. The highest BCUT2D eigenvalue weighted by molar-refractivity contribution is 6.33. The van der Waals surface area contributed by atoms with Gasteiger partial charge in [0.05, 0.1) is 34.0 Å². The predicted molar refractivity (Wildman–Crippen MR) is 110 cm³/mol. The maximum Gasteiger partial charge on any atom is 0.433 e. The molecule has 12 heteroatoms. The van der Waals surface area contributed by atoms with E-state index in [9.17, 15) is 27.5 Å². The molecule has 2 fully saturated rings. The van der Waals surface area contributed by atoms with Crippen molar-refractivity contribution in [2.45, 2.75) is 56.5 Å². The molecule has 2 aliphatic rings. The van der Waals surface area contributed by atoms with Crippen LogP contribution in [0.2, 0.25) is 5.02 Å². The third-order valence-corrected chi connectivity index (χ3v) is 6.21. The summed E-state index contributed by atoms with van der Waals surface area (Å²) in [6.07, 6.45) is -3.00. The Bertz CT molecular complexity index is 1250. The first-order valence-electron chi connectivity index (χ1n) is 10.5. The predicted octanol–water partition coefficient (Wildman–Crippen LogP) is 5.42. The van der Waals surface area contributed by atoms with Crippen LogP contribution in [-0.4, -0.2) is 37.7 Å². The fourth-order valence-corrected chi connectivity index (χ4v) is 4.42. The molecule has 0 aliphatic heterocycles. The van der Waals surface area contributed by atoms with Crippen LogP contribution in [0, 0.1) is 5.82 Å². The minimum atomic E-state index is -4.88. The van der Waals surface area contributed by atoms with E-state index >= 15 is 0 Å². The van der Waals surface area contributed by atoms with Gasteiger partial charge in [-0.25, -0.2) is 9.18 Å². The van der Waals surface area contributed by atoms with E-state index in [4.69, 9.17) is 20.9 Å². The van der Waals surface area contributed by atoms with Crippen LogP contribution in [0.1, 0.15) is 54.7 Å². The van der Waals surface area contributed by atoms with Gasteiger partial charge >= 0.3 is 12.1 Å². The minimum Gasteiger partial charge on any atom is -0.459 e. The number of carbonyl (C=O) groups is 1. The van der Waals surface area contributed by atoms with E-state index in [2.05, 4.69) is 10.3 Å². The molecule has 1 N–H and O–H groups in total. The van der Waals surface area contributed by atoms with Crippen LogP contribution in [0.25, 0.3) is 22.6 Å². The van der Waals surface area contributed by atoms with Crippen LogP contribution >= 0.6 is 11.6 Å². The number of aromatic nitrogens is 3. The number of aliphatic hydroxyl groups is 1. The van der Waals surface area contributed by atoms with E-state index in [0.29, 0.717) is 12.8 Å². The quantitative estimate of drug-likeness (QED) is 0.372. The topological polar surface area (TPSA) is 90.4 Å². The summed E-state index contributed by atoms with van der Waals surface area (Å²) in [5, 5.41) is 17.5. The van der Waals surface area contributed by atoms with Gasteiger partial charge in [-0.1, -0.05) is 22.8 Å². The Labute approximate surface area is 195 Å². The maximum atomic E-state index is 14.6. The Balaban J connectivity index is 1.68. The molecule has 2 aliphatic carbocycles. The van der Waals surface area contributed by atoms with E-state index < -0.39 is 52.2 Å². The third kappa shape index (κ3) is 3.96. The highest BCUT2D eigenvalue weighted by atomic mass is 35.5. The van der Waals surface area contributed by atoms with Gasteiger partial charge in [-0.3, -0.25) is 4.68 Å². The van der Waals surface area contributed by atoms with Crippen molar-refractivity contribution in [1.29, 1.82) is 0 Å². The number of esters is 1. The number of nitrogens with zero attached hydrogens (tertiary/aromatic N) is 3. The fourth-order valence-electron chi connectivity index (χ4n) is 4.17. The molecule has 2 aromatic heterocycles. The van der Waals surface area contributed by atoms with Crippen LogP contribution in [0.15, 0.2) is 28.9 Å². The normalized spacial score (nSPS) is 22.5. The molecule has 0 spiro atoms. The van der Waals surface area contributed by atoms with Crippen molar-refractivity contribution in [2.75, 3.05) is 0 Å². The van der Waals surface area contributed by atoms with Crippen LogP contribution in [0.5, 0.6) is 0 Å². The summed E-state index contributed by atoms with van der Waals surface area (Å²) in [7, 11) is 0. The Hall–Kier alpha value is -2.92. The first-order valence-corrected chi connectivity index (χ1v) is 10.9. The lowest BCUT2D eigenvalue weighted by atomic mass is 9.77. The second-order valence-corrected chi connectivity index (χ2v) is 9.25. The first-order chi connectivity index (χ1) is 16.0. The zero-order chi connectivity index (χ0) is 24.4. The van der Waals surface area contributed by atoms with Crippen LogP contribution in [0.4, 0.5) is 17.6 Å². The molecule has 0 saturated heterocycles. The number of benzene rings is 1. The van der Waals surface area contributed by atoms with Crippen molar-refractivity contribution in [3.63, 3.8) is 0 Å². The van der Waals surface area contributed by atoms with Crippen molar-refractivity contribution >= 4 is 17.6 Å². The number of hydrogen-bond acceptors (Lipinski definition) is 6. The summed E-state index contributed by atoms with van der Waals surface area (Å²) in [6.45, 7) is 1.52. The highest BCUT2D eigenvalue weighted by Gasteiger charge is 2.47. The van der Waals surface area contributed by atoms with Crippen molar-refractivity contribution < 1.29 is 36.7 Å². The third-order valence-electron chi connectivity index (χ3n) is 5.90. The van der Waals surface area contributed by atoms with Crippen LogP contribution in [-0.2, 0) is 10.9 Å². The zero-order valence-electron chi connectivity index (χ0n) is 17.7. The lowest BCUT2D eigenvalue weighted by molar-refractivity contribution is -0.148. The Morgan fingerprint density at radius 1 is 1.32 bits per heavy atom. The molecule has 1 aromatic carbocycles. The molecule has 3 aromatic rings. The number of ether oxygens (including phenoxy) is 1. The lowest BCUT2D eigenvalue weighted by Gasteiger charge is -2.41. The maximum absolute atomic E-state index is 14.6. The molecule has 180 valence electrons. The monoisotopic (exact) mass is 499 g/mol. The van der Waals surface area contributed by atoms with Crippen molar-refractivity contribution in [3.05, 3.63) is 46.5 Å². The second-order valence-electron chi connectivity index (χ2n) is 8.84. The SMILES string of the molecule is C[C@]1(O)C[C@H](n2ncc(-c3onc(-c4c(F)cccc4Cl)c3C(=O)OC3CC3)c2C(F)(F)F)C1. The molecular weight excluding hydrogens is 482 g/mol. The van der Waals surface area contributed by atoms with Crippen LogP contribution < -0.4 is 0 Å². The summed E-state index contributed by atoms with van der Waals surface area (Å²) in [4.78, 5) is 13.0. The van der Waals surface area contributed by atoms with Crippen molar-refractivity contribution in [2.24, 2.45) is 0 Å². The van der Waals surface area contributed by atoms with E-state index in [1.165, 1.54) is 19.1 Å². The molecule has 0 amide bonds. The van der Waals surface area contributed by atoms with Gasteiger partial charge in [-0.05, 0) is 44.7 Å². The standard InChI is InChI=1S/C22H18ClF4N3O4/c1-21(32)7-10(8-21)30-19(22(25,26)27)12(9-28-30)18-16(20(31)33-11-5-6-11)17(29-34-18)15-13(23)3-2-4-14(15)24/h2-4,9-11,32H,5-8H2,1H3/t10-,21-. The minimum absolute atomic E-state index is 0.0697. The largest absolute Gasteiger partial charge is 0.459 e. The molecular formula is C22H18ClF4N3O4. The Morgan fingerprint density at radius 3 is 2.62 bits per heavy atom. The fraction of sp³-hybridized carbons (Fsp3) is 0.409. The molecule has 2 heterocycles. The average Bonchev–Trinajstić information content (AvgIpc) is 3.24. The summed E-state index contributed by atoms with van der Waals surface area (Å²) in [5.41, 5.74) is -3.94. The van der Waals surface area contributed by atoms with Crippen molar-refractivity contribution in [3.8, 4) is 22.6 Å². The summed E-state index contributed by atoms with van der Waals surface area (Å²) >= 11 is 6.12. The number of hydrogen-bond donors (Lipinski definition) is 1. The molecule has 0 radical (unpaired) electrons. The van der Waals surface area contributed by atoms with Gasteiger partial charge in [-0.2, -0.15) is 18.3 Å². The molecule has 7 nitrogen and oxygen atoms in total. The summed E-state index contributed by atoms with van der Waals surface area (Å²) in [6, 6.07) is 3.06. The summed E-state index contributed by atoms with van der Waals surface area (Å²) < 4.78 is 68.4. The Kier molecular flexibility index (Phi) is 5.25. The first kappa shape index (κ1) is 22.9. The number of halogens is 5. The molecule has 0 atom stereocenters. The van der Waals surface area contributed by atoms with Gasteiger partial charge in [0, 0.05) is 0 Å². The number of alkyl halides is 3. The molecule has 34 heavy (non-hydrogen) atoms. The number of carbonyl (C=O) groups excluding carboxylic acids is 1. The van der Waals surface area contributed by atoms with E-state index in [0.717, 1.165) is 16.9 Å². The van der Waals surface area contributed by atoms with Gasteiger partial charge in [0.2, 0.25) is 0 Å². The smallest absolute Gasteiger partial charge is 0.433 e. The molecule has 0 unspecified atom stereocenters. The second kappa shape index (κ2) is 7.81. The molecule has 5 rings (SSSR count). The summed E-state index contributed by atoms with van der Waals surface area (Å²) in [5.74, 6) is -2.39. The molecule has 2 saturated carbocycles. The molecule has 0 bridgehead atoms.